The largest absolute Gasteiger partial charge is 0.460 e. The molecular formula is C25H42N2O8. The maximum atomic E-state index is 12.8. The molecule has 2 amide bonds. The quantitative estimate of drug-likeness (QED) is 0.228. The van der Waals surface area contributed by atoms with Gasteiger partial charge in [0.05, 0.1) is 12.5 Å². The van der Waals surface area contributed by atoms with Gasteiger partial charge in [-0.25, -0.2) is 0 Å². The van der Waals surface area contributed by atoms with E-state index >= 15 is 0 Å². The number of hydrogen-bond donors (Lipinski definition) is 5. The second-order valence-electron chi connectivity index (χ2n) is 10.6. The fraction of sp³-hybridized carbons (Fsp3) is 0.800. The van der Waals surface area contributed by atoms with Gasteiger partial charge in [-0.1, -0.05) is 52.2 Å². The summed E-state index contributed by atoms with van der Waals surface area (Å²) < 4.78 is 10.7. The molecule has 200 valence electrons. The lowest BCUT2D eigenvalue weighted by Crippen LogP contribution is -2.55. The number of aliphatic hydroxyl groups is 3. The van der Waals surface area contributed by atoms with Gasteiger partial charge in [0, 0.05) is 7.11 Å². The Bertz CT molecular complexity index is 744. The van der Waals surface area contributed by atoms with E-state index in [1.54, 1.807) is 6.08 Å². The van der Waals surface area contributed by atoms with Crippen LogP contribution in [0.5, 0.6) is 0 Å². The zero-order chi connectivity index (χ0) is 26.2. The lowest BCUT2D eigenvalue weighted by Gasteiger charge is -2.28. The standard InChI is InChI=1S/C25H42N2O8/c1-25(2,3)13-12-18(28)19(29)20(30)21(34-4)23(32)27-17-11-10-16(14-26-22(17)31)35-24(33)15-8-6-5-7-9-15/h12-13,15-21,28-30H,5-11,14H2,1-4H3,(H,26,31)(H,27,32)/b13-12+. The number of allylic oxidation sites excluding steroid dienone is 1. The third-order valence-corrected chi connectivity index (χ3v) is 6.45. The van der Waals surface area contributed by atoms with Crippen molar-refractivity contribution in [1.29, 1.82) is 0 Å². The van der Waals surface area contributed by atoms with E-state index in [4.69, 9.17) is 9.47 Å². The molecule has 0 aromatic heterocycles. The zero-order valence-electron chi connectivity index (χ0n) is 21.2. The van der Waals surface area contributed by atoms with E-state index in [2.05, 4.69) is 10.6 Å². The first kappa shape index (κ1) is 29.2. The van der Waals surface area contributed by atoms with Crippen LogP contribution in [0.25, 0.3) is 0 Å². The normalized spacial score (nSPS) is 25.7. The third kappa shape index (κ3) is 9.18. The van der Waals surface area contributed by atoms with Crippen molar-refractivity contribution in [1.82, 2.24) is 10.6 Å². The van der Waals surface area contributed by atoms with Gasteiger partial charge in [0.2, 0.25) is 5.91 Å². The molecule has 0 aromatic rings. The lowest BCUT2D eigenvalue weighted by atomic mass is 9.89. The minimum atomic E-state index is -1.74. The summed E-state index contributed by atoms with van der Waals surface area (Å²) in [5, 5.41) is 36.2. The van der Waals surface area contributed by atoms with Crippen LogP contribution in [-0.2, 0) is 23.9 Å². The Morgan fingerprint density at radius 2 is 1.71 bits per heavy atom. The second kappa shape index (κ2) is 13.3. The number of nitrogens with one attached hydrogen (secondary N) is 2. The highest BCUT2D eigenvalue weighted by atomic mass is 16.5. The summed E-state index contributed by atoms with van der Waals surface area (Å²) in [4.78, 5) is 37.7. The van der Waals surface area contributed by atoms with Crippen LogP contribution < -0.4 is 10.6 Å². The summed E-state index contributed by atoms with van der Waals surface area (Å²) in [7, 11) is 1.19. The van der Waals surface area contributed by atoms with Crippen molar-refractivity contribution in [2.45, 2.75) is 102 Å². The Hall–Kier alpha value is -2.01. The van der Waals surface area contributed by atoms with E-state index in [1.807, 2.05) is 20.8 Å². The minimum absolute atomic E-state index is 0.0952. The molecule has 6 unspecified atom stereocenters. The second-order valence-corrected chi connectivity index (χ2v) is 10.6. The lowest BCUT2D eigenvalue weighted by molar-refractivity contribution is -0.155. The van der Waals surface area contributed by atoms with Crippen LogP contribution in [0.4, 0.5) is 0 Å². The summed E-state index contributed by atoms with van der Waals surface area (Å²) in [5.41, 5.74) is -0.251. The van der Waals surface area contributed by atoms with Crippen molar-refractivity contribution in [3.05, 3.63) is 12.2 Å². The van der Waals surface area contributed by atoms with E-state index in [-0.39, 0.29) is 30.3 Å². The van der Waals surface area contributed by atoms with E-state index < -0.39 is 48.4 Å². The van der Waals surface area contributed by atoms with Crippen molar-refractivity contribution < 1.29 is 39.2 Å². The van der Waals surface area contributed by atoms with Gasteiger partial charge in [-0.05, 0) is 31.1 Å². The molecular weight excluding hydrogens is 456 g/mol. The van der Waals surface area contributed by atoms with Crippen molar-refractivity contribution in [3.63, 3.8) is 0 Å². The first-order valence-corrected chi connectivity index (χ1v) is 12.5. The molecule has 0 spiro atoms. The predicted molar refractivity (Wildman–Crippen MR) is 128 cm³/mol. The van der Waals surface area contributed by atoms with E-state index in [1.165, 1.54) is 13.2 Å². The highest BCUT2D eigenvalue weighted by Gasteiger charge is 2.38. The monoisotopic (exact) mass is 498 g/mol. The summed E-state index contributed by atoms with van der Waals surface area (Å²) in [6.45, 7) is 5.88. The van der Waals surface area contributed by atoms with Gasteiger partial charge in [0.25, 0.3) is 5.91 Å². The van der Waals surface area contributed by atoms with Gasteiger partial charge >= 0.3 is 5.97 Å². The third-order valence-electron chi connectivity index (χ3n) is 6.45. The Morgan fingerprint density at radius 1 is 1.06 bits per heavy atom. The number of methoxy groups -OCH3 is 1. The van der Waals surface area contributed by atoms with Gasteiger partial charge in [-0.3, -0.25) is 14.4 Å². The topological polar surface area (TPSA) is 154 Å². The molecule has 1 saturated carbocycles. The molecule has 2 fully saturated rings. The molecule has 1 aliphatic carbocycles. The summed E-state index contributed by atoms with van der Waals surface area (Å²) in [6, 6.07) is -0.923. The summed E-state index contributed by atoms with van der Waals surface area (Å²) in [5.74, 6) is -1.57. The van der Waals surface area contributed by atoms with Crippen LogP contribution in [0.3, 0.4) is 0 Å². The average molecular weight is 499 g/mol. The molecule has 1 aliphatic heterocycles. The number of rotatable bonds is 9. The van der Waals surface area contributed by atoms with Gasteiger partial charge in [0.15, 0.2) is 6.10 Å². The Morgan fingerprint density at radius 3 is 2.31 bits per heavy atom. The number of aliphatic hydroxyl groups excluding tert-OH is 3. The van der Waals surface area contributed by atoms with Crippen LogP contribution in [-0.4, -0.2) is 83.3 Å². The molecule has 0 aromatic carbocycles. The fourth-order valence-corrected chi connectivity index (χ4v) is 4.30. The molecule has 2 aliphatic rings. The van der Waals surface area contributed by atoms with Crippen molar-refractivity contribution in [2.24, 2.45) is 11.3 Å². The van der Waals surface area contributed by atoms with Crippen LogP contribution in [0.2, 0.25) is 0 Å². The number of carbonyl (C=O) groups excluding carboxylic acids is 3. The molecule has 1 heterocycles. The molecule has 1 saturated heterocycles. The summed E-state index contributed by atoms with van der Waals surface area (Å²) >= 11 is 0. The SMILES string of the molecule is COC(C(=O)NC1CCC(OC(=O)C2CCCCC2)CNC1=O)C(O)C(O)C(O)/C=C/C(C)(C)C. The number of amides is 2. The van der Waals surface area contributed by atoms with E-state index in [9.17, 15) is 29.7 Å². The first-order valence-electron chi connectivity index (χ1n) is 12.5. The average Bonchev–Trinajstić information content (AvgIpc) is 2.98. The number of esters is 1. The molecule has 2 rings (SSSR count). The number of carbonyl (C=O) groups is 3. The van der Waals surface area contributed by atoms with Gasteiger partial charge in [-0.15, -0.1) is 0 Å². The van der Waals surface area contributed by atoms with Crippen LogP contribution >= 0.6 is 0 Å². The molecule has 10 heteroatoms. The summed E-state index contributed by atoms with van der Waals surface area (Å²) in [6.07, 6.45) is 1.61. The fourth-order valence-electron chi connectivity index (χ4n) is 4.30. The highest BCUT2D eigenvalue weighted by molar-refractivity contribution is 5.89. The number of hydrogen-bond acceptors (Lipinski definition) is 8. The van der Waals surface area contributed by atoms with E-state index in [0.29, 0.717) is 6.42 Å². The molecule has 5 N–H and O–H groups in total. The zero-order valence-corrected chi connectivity index (χ0v) is 21.2. The molecule has 35 heavy (non-hydrogen) atoms. The molecule has 6 atom stereocenters. The maximum Gasteiger partial charge on any atom is 0.309 e. The predicted octanol–water partition coefficient (Wildman–Crippen LogP) is 0.573. The highest BCUT2D eigenvalue weighted by Crippen LogP contribution is 2.26. The maximum absolute atomic E-state index is 12.8. The van der Waals surface area contributed by atoms with Crippen molar-refractivity contribution >= 4 is 17.8 Å². The Balaban J connectivity index is 1.92. The Labute approximate surface area is 207 Å². The van der Waals surface area contributed by atoms with Crippen LogP contribution in [0.15, 0.2) is 12.2 Å². The minimum Gasteiger partial charge on any atom is -0.460 e. The van der Waals surface area contributed by atoms with Gasteiger partial charge < -0.3 is 35.4 Å². The van der Waals surface area contributed by atoms with Crippen LogP contribution in [0.1, 0.15) is 65.7 Å². The number of ether oxygens (including phenoxy) is 2. The van der Waals surface area contributed by atoms with Gasteiger partial charge in [0.1, 0.15) is 30.5 Å². The molecule has 0 radical (unpaired) electrons. The van der Waals surface area contributed by atoms with Crippen molar-refractivity contribution in [2.75, 3.05) is 13.7 Å². The molecule has 0 bridgehead atoms. The van der Waals surface area contributed by atoms with Crippen LogP contribution in [0, 0.1) is 11.3 Å². The van der Waals surface area contributed by atoms with E-state index in [0.717, 1.165) is 32.1 Å². The van der Waals surface area contributed by atoms with Crippen molar-refractivity contribution in [3.8, 4) is 0 Å². The first-order chi connectivity index (χ1) is 16.4. The Kier molecular flexibility index (Phi) is 11.1. The smallest absolute Gasteiger partial charge is 0.309 e. The molecule has 10 nitrogen and oxygen atoms in total. The van der Waals surface area contributed by atoms with Gasteiger partial charge in [-0.2, -0.15) is 0 Å².